The maximum absolute atomic E-state index is 13.0. The van der Waals surface area contributed by atoms with Crippen molar-refractivity contribution >= 4 is 11.9 Å². The zero-order valence-electron chi connectivity index (χ0n) is 19.1. The van der Waals surface area contributed by atoms with Crippen molar-refractivity contribution < 1.29 is 32.3 Å². The molecule has 2 fully saturated rings. The standard InChI is InChI=1S/C23H28FN3O.C2HF3O2/c24-20-8-6-18(7-9-20)21-12-22(21)26-13-17-14-27(15-17)10-2-4-16-3-1-5-19(11-16)23(25)28;3-2(4,5)1(6)7/h1,3,5-9,11,17,21-22,26H,2,4,10,12-15H2,(H2,25,28);(H,6,7). The largest absolute Gasteiger partial charge is 0.490 e. The van der Waals surface area contributed by atoms with Gasteiger partial charge in [0.25, 0.3) is 0 Å². The van der Waals surface area contributed by atoms with Crippen LogP contribution in [-0.4, -0.2) is 60.3 Å². The van der Waals surface area contributed by atoms with Crippen molar-refractivity contribution in [3.05, 3.63) is 71.0 Å². The van der Waals surface area contributed by atoms with Crippen LogP contribution in [0, 0.1) is 11.7 Å². The molecule has 2 unspecified atom stereocenters. The van der Waals surface area contributed by atoms with Crippen molar-refractivity contribution in [2.24, 2.45) is 11.7 Å². The van der Waals surface area contributed by atoms with E-state index in [1.54, 1.807) is 18.2 Å². The van der Waals surface area contributed by atoms with Gasteiger partial charge in [-0.2, -0.15) is 13.2 Å². The van der Waals surface area contributed by atoms with Crippen LogP contribution in [0.1, 0.15) is 40.2 Å². The molecule has 0 bridgehead atoms. The molecule has 190 valence electrons. The lowest BCUT2D eigenvalue weighted by Gasteiger charge is -2.39. The normalized spacial score (nSPS) is 19.9. The van der Waals surface area contributed by atoms with Crippen molar-refractivity contribution in [2.75, 3.05) is 26.2 Å². The van der Waals surface area contributed by atoms with Crippen LogP contribution in [0.4, 0.5) is 17.6 Å². The van der Waals surface area contributed by atoms with Gasteiger partial charge >= 0.3 is 12.1 Å². The monoisotopic (exact) mass is 495 g/mol. The number of hydrogen-bond acceptors (Lipinski definition) is 4. The van der Waals surface area contributed by atoms with Gasteiger partial charge in [0.05, 0.1) is 0 Å². The van der Waals surface area contributed by atoms with Gasteiger partial charge in [-0.15, -0.1) is 0 Å². The highest BCUT2D eigenvalue weighted by atomic mass is 19.4. The van der Waals surface area contributed by atoms with E-state index in [-0.39, 0.29) is 11.7 Å². The lowest BCUT2D eigenvalue weighted by Crippen LogP contribution is -2.51. The van der Waals surface area contributed by atoms with Gasteiger partial charge < -0.3 is 21.1 Å². The van der Waals surface area contributed by atoms with Gasteiger partial charge in [0.1, 0.15) is 5.82 Å². The van der Waals surface area contributed by atoms with Crippen LogP contribution in [0.15, 0.2) is 48.5 Å². The summed E-state index contributed by atoms with van der Waals surface area (Å²) >= 11 is 0. The van der Waals surface area contributed by atoms with Gasteiger partial charge in [0.2, 0.25) is 5.91 Å². The molecular weight excluding hydrogens is 466 g/mol. The first-order valence-corrected chi connectivity index (χ1v) is 11.4. The Balaban J connectivity index is 0.000000429. The van der Waals surface area contributed by atoms with Crippen molar-refractivity contribution in [3.63, 3.8) is 0 Å². The van der Waals surface area contributed by atoms with Crippen LogP contribution in [-0.2, 0) is 11.2 Å². The van der Waals surface area contributed by atoms with E-state index >= 15 is 0 Å². The maximum Gasteiger partial charge on any atom is 0.490 e. The molecule has 1 saturated carbocycles. The Morgan fingerprint density at radius 1 is 1.11 bits per heavy atom. The van der Waals surface area contributed by atoms with E-state index in [4.69, 9.17) is 15.6 Å². The van der Waals surface area contributed by atoms with Gasteiger partial charge in [0.15, 0.2) is 0 Å². The van der Waals surface area contributed by atoms with Crippen molar-refractivity contribution in [3.8, 4) is 0 Å². The average molecular weight is 496 g/mol. The van der Waals surface area contributed by atoms with Gasteiger partial charge in [-0.05, 0) is 67.1 Å². The van der Waals surface area contributed by atoms with E-state index < -0.39 is 12.1 Å². The Labute approximate surface area is 201 Å². The van der Waals surface area contributed by atoms with Crippen LogP contribution < -0.4 is 11.1 Å². The summed E-state index contributed by atoms with van der Waals surface area (Å²) in [6.07, 6.45) is -1.86. The summed E-state index contributed by atoms with van der Waals surface area (Å²) in [5, 5.41) is 10.8. The van der Waals surface area contributed by atoms with Crippen molar-refractivity contribution in [2.45, 2.75) is 37.4 Å². The summed E-state index contributed by atoms with van der Waals surface area (Å²) < 4.78 is 44.7. The molecule has 2 aromatic rings. The number of primary amides is 1. The second-order valence-electron chi connectivity index (χ2n) is 9.01. The molecule has 1 amide bonds. The highest BCUT2D eigenvalue weighted by molar-refractivity contribution is 5.92. The number of aliphatic carboxylic acids is 1. The quantitative estimate of drug-likeness (QED) is 0.463. The zero-order valence-corrected chi connectivity index (χ0v) is 19.1. The minimum Gasteiger partial charge on any atom is -0.475 e. The topological polar surface area (TPSA) is 95.7 Å². The smallest absolute Gasteiger partial charge is 0.475 e. The van der Waals surface area contributed by atoms with Gasteiger partial charge in [-0.3, -0.25) is 4.79 Å². The Hall–Kier alpha value is -2.98. The first-order valence-electron chi connectivity index (χ1n) is 11.4. The van der Waals surface area contributed by atoms with E-state index in [0.29, 0.717) is 17.5 Å². The maximum atomic E-state index is 13.0. The number of benzene rings is 2. The Morgan fingerprint density at radius 2 is 1.77 bits per heavy atom. The number of carboxylic acids is 1. The predicted molar refractivity (Wildman–Crippen MR) is 122 cm³/mol. The SMILES string of the molecule is NC(=O)c1cccc(CCCN2CC(CNC3CC3c3ccc(F)cc3)C2)c1.O=C(O)C(F)(F)F. The Kier molecular flexibility index (Phi) is 8.85. The van der Waals surface area contributed by atoms with Gasteiger partial charge in [0, 0.05) is 37.2 Å². The molecule has 6 nitrogen and oxygen atoms in total. The number of nitrogens with one attached hydrogen (secondary N) is 1. The number of nitrogens with two attached hydrogens (primary N) is 1. The number of likely N-dealkylation sites (tertiary alicyclic amines) is 1. The van der Waals surface area contributed by atoms with Crippen LogP contribution in [0.5, 0.6) is 0 Å². The Bertz CT molecular complexity index is 1010. The fraction of sp³-hybridized carbons (Fsp3) is 0.440. The average Bonchev–Trinajstić information content (AvgIpc) is 3.54. The second kappa shape index (κ2) is 11.6. The third kappa shape index (κ3) is 8.32. The van der Waals surface area contributed by atoms with E-state index in [2.05, 4.69) is 16.3 Å². The van der Waals surface area contributed by atoms with E-state index in [1.165, 1.54) is 11.1 Å². The molecule has 1 saturated heterocycles. The first kappa shape index (κ1) is 26.6. The van der Waals surface area contributed by atoms with Crippen LogP contribution in [0.3, 0.4) is 0 Å². The number of carbonyl (C=O) groups is 2. The molecular formula is C25H29F4N3O3. The number of aryl methyl sites for hydroxylation is 1. The van der Waals surface area contributed by atoms with Crippen LogP contribution in [0.25, 0.3) is 0 Å². The molecule has 1 aliphatic carbocycles. The molecule has 2 aliphatic rings. The number of hydrogen-bond donors (Lipinski definition) is 3. The van der Waals surface area contributed by atoms with Crippen LogP contribution >= 0.6 is 0 Å². The third-order valence-electron chi connectivity index (χ3n) is 6.18. The zero-order chi connectivity index (χ0) is 25.6. The minimum atomic E-state index is -5.08. The molecule has 35 heavy (non-hydrogen) atoms. The molecule has 1 aliphatic heterocycles. The summed E-state index contributed by atoms with van der Waals surface area (Å²) in [7, 11) is 0. The summed E-state index contributed by atoms with van der Waals surface area (Å²) in [6, 6.07) is 15.1. The Morgan fingerprint density at radius 3 is 2.37 bits per heavy atom. The number of halogens is 4. The predicted octanol–water partition coefficient (Wildman–Crippen LogP) is 3.57. The van der Waals surface area contributed by atoms with E-state index in [0.717, 1.165) is 51.4 Å². The molecule has 4 N–H and O–H groups in total. The first-order chi connectivity index (χ1) is 16.5. The lowest BCUT2D eigenvalue weighted by atomic mass is 9.99. The summed E-state index contributed by atoms with van der Waals surface area (Å²) in [5.41, 5.74) is 8.35. The fourth-order valence-corrected chi connectivity index (χ4v) is 4.19. The molecule has 2 atom stereocenters. The number of amides is 1. The number of alkyl halides is 3. The molecule has 0 radical (unpaired) electrons. The molecule has 2 aromatic carbocycles. The van der Waals surface area contributed by atoms with Gasteiger partial charge in [-0.1, -0.05) is 24.3 Å². The third-order valence-corrected chi connectivity index (χ3v) is 6.18. The van der Waals surface area contributed by atoms with Gasteiger partial charge in [-0.25, -0.2) is 9.18 Å². The number of nitrogens with zero attached hydrogens (tertiary/aromatic N) is 1. The fourth-order valence-electron chi connectivity index (χ4n) is 4.19. The number of carboxylic acid groups (broad SMARTS) is 1. The van der Waals surface area contributed by atoms with Crippen LogP contribution in [0.2, 0.25) is 0 Å². The molecule has 0 aromatic heterocycles. The summed E-state index contributed by atoms with van der Waals surface area (Å²) in [6.45, 7) is 4.48. The summed E-state index contributed by atoms with van der Waals surface area (Å²) in [4.78, 5) is 22.6. The minimum absolute atomic E-state index is 0.163. The van der Waals surface area contributed by atoms with E-state index in [9.17, 15) is 22.4 Å². The number of rotatable bonds is 9. The summed E-state index contributed by atoms with van der Waals surface area (Å²) in [5.74, 6) is -2.01. The van der Waals surface area contributed by atoms with Crippen molar-refractivity contribution in [1.29, 1.82) is 0 Å². The number of carbonyl (C=O) groups excluding carboxylic acids is 1. The molecule has 0 spiro atoms. The van der Waals surface area contributed by atoms with Crippen molar-refractivity contribution in [1.82, 2.24) is 10.2 Å². The lowest BCUT2D eigenvalue weighted by molar-refractivity contribution is -0.192. The highest BCUT2D eigenvalue weighted by Gasteiger charge is 2.39. The second-order valence-corrected chi connectivity index (χ2v) is 9.01. The molecule has 10 heteroatoms. The van der Waals surface area contributed by atoms with E-state index in [1.807, 2.05) is 24.3 Å². The highest BCUT2D eigenvalue weighted by Crippen LogP contribution is 2.40. The molecule has 1 heterocycles. The molecule has 4 rings (SSSR count).